The van der Waals surface area contributed by atoms with E-state index in [4.69, 9.17) is 4.99 Å². The molecule has 1 atom stereocenters. The number of guanidine groups is 1. The number of amides is 1. The first-order valence-corrected chi connectivity index (χ1v) is 12.0. The molecular weight excluding hydrogens is 485 g/mol. The van der Waals surface area contributed by atoms with Crippen LogP contribution in [0.4, 0.5) is 0 Å². The third-order valence-corrected chi connectivity index (χ3v) is 7.31. The Labute approximate surface area is 192 Å². The number of nitrogens with zero attached hydrogens (tertiary/aromatic N) is 3. The Kier molecular flexibility index (Phi) is 11.3. The molecule has 0 spiro atoms. The van der Waals surface area contributed by atoms with Crippen LogP contribution < -0.4 is 10.6 Å². The maximum Gasteiger partial charge on any atom is 0.225 e. The first-order chi connectivity index (χ1) is 13.3. The monoisotopic (exact) mass is 523 g/mol. The molecule has 3 rings (SSSR count). The average molecular weight is 524 g/mol. The van der Waals surface area contributed by atoms with E-state index in [1.54, 1.807) is 0 Å². The highest BCUT2D eigenvalue weighted by atomic mass is 127. The second-order valence-corrected chi connectivity index (χ2v) is 9.34. The van der Waals surface area contributed by atoms with Crippen LogP contribution in [0.25, 0.3) is 0 Å². The molecule has 0 aromatic rings. The number of thioether (sulfide) groups is 1. The van der Waals surface area contributed by atoms with Gasteiger partial charge in [0.05, 0.1) is 6.54 Å². The van der Waals surface area contributed by atoms with Gasteiger partial charge in [-0.25, -0.2) is 0 Å². The van der Waals surface area contributed by atoms with Crippen LogP contribution in [0.1, 0.15) is 45.4 Å². The van der Waals surface area contributed by atoms with Gasteiger partial charge < -0.3 is 15.5 Å². The minimum absolute atomic E-state index is 0. The number of aliphatic imine (C=N–C) groups is 1. The molecule has 1 saturated carbocycles. The zero-order valence-corrected chi connectivity index (χ0v) is 20.5. The van der Waals surface area contributed by atoms with Crippen LogP contribution in [0.2, 0.25) is 0 Å². The van der Waals surface area contributed by atoms with Crippen LogP contribution in [-0.4, -0.2) is 85.0 Å². The fourth-order valence-electron chi connectivity index (χ4n) is 4.28. The molecular formula is C20H38IN5OS. The zero-order chi connectivity index (χ0) is 18.9. The fraction of sp³-hybridized carbons (Fsp3) is 0.900. The molecule has 8 heteroatoms. The van der Waals surface area contributed by atoms with Gasteiger partial charge in [0.2, 0.25) is 5.91 Å². The van der Waals surface area contributed by atoms with Crippen LogP contribution in [0.5, 0.6) is 0 Å². The summed E-state index contributed by atoms with van der Waals surface area (Å²) in [7, 11) is 0. The van der Waals surface area contributed by atoms with E-state index in [9.17, 15) is 4.79 Å². The van der Waals surface area contributed by atoms with E-state index in [-0.39, 0.29) is 24.0 Å². The van der Waals surface area contributed by atoms with Gasteiger partial charge in [-0.05, 0) is 38.4 Å². The average Bonchev–Trinajstić information content (AvgIpc) is 3.40. The molecule has 2 aliphatic heterocycles. The Morgan fingerprint density at radius 1 is 1.07 bits per heavy atom. The topological polar surface area (TPSA) is 60.0 Å². The summed E-state index contributed by atoms with van der Waals surface area (Å²) in [5.41, 5.74) is 0. The summed E-state index contributed by atoms with van der Waals surface area (Å²) in [5, 5.41) is 7.53. The number of nitrogens with one attached hydrogen (secondary N) is 2. The summed E-state index contributed by atoms with van der Waals surface area (Å²) in [6, 6.07) is 0. The fourth-order valence-corrected chi connectivity index (χ4v) is 5.46. The molecule has 2 N–H and O–H groups in total. The summed E-state index contributed by atoms with van der Waals surface area (Å²) in [6.07, 6.45) is 7.32. The van der Waals surface area contributed by atoms with Gasteiger partial charge in [-0.15, -0.1) is 24.0 Å². The number of hydrogen-bond donors (Lipinski definition) is 2. The van der Waals surface area contributed by atoms with Crippen molar-refractivity contribution in [3.05, 3.63) is 0 Å². The van der Waals surface area contributed by atoms with Crippen LogP contribution in [-0.2, 0) is 4.79 Å². The maximum absolute atomic E-state index is 12.5. The van der Waals surface area contributed by atoms with E-state index in [0.29, 0.717) is 17.1 Å². The van der Waals surface area contributed by atoms with Gasteiger partial charge in [-0.1, -0.05) is 12.8 Å². The van der Waals surface area contributed by atoms with E-state index >= 15 is 0 Å². The molecule has 0 radical (unpaired) electrons. The molecule has 3 fully saturated rings. The van der Waals surface area contributed by atoms with Crippen molar-refractivity contribution in [3.63, 3.8) is 0 Å². The lowest BCUT2D eigenvalue weighted by atomic mass is 10.1. The van der Waals surface area contributed by atoms with Gasteiger partial charge in [0.15, 0.2) is 5.96 Å². The van der Waals surface area contributed by atoms with Crippen molar-refractivity contribution in [3.8, 4) is 0 Å². The third kappa shape index (κ3) is 7.55. The van der Waals surface area contributed by atoms with Gasteiger partial charge in [0.25, 0.3) is 0 Å². The van der Waals surface area contributed by atoms with E-state index in [1.807, 2.05) is 0 Å². The van der Waals surface area contributed by atoms with Crippen molar-refractivity contribution in [1.82, 2.24) is 20.4 Å². The summed E-state index contributed by atoms with van der Waals surface area (Å²) < 4.78 is 0. The van der Waals surface area contributed by atoms with E-state index in [2.05, 4.69) is 39.1 Å². The predicted molar refractivity (Wildman–Crippen MR) is 130 cm³/mol. The molecule has 28 heavy (non-hydrogen) atoms. The first-order valence-electron chi connectivity index (χ1n) is 10.9. The van der Waals surface area contributed by atoms with Crippen molar-refractivity contribution in [2.75, 3.05) is 58.1 Å². The number of rotatable bonds is 7. The number of carbonyl (C=O) groups excluding carboxylic acids is 1. The van der Waals surface area contributed by atoms with E-state index in [0.717, 1.165) is 71.2 Å². The van der Waals surface area contributed by atoms with E-state index < -0.39 is 0 Å². The van der Waals surface area contributed by atoms with Gasteiger partial charge in [0.1, 0.15) is 0 Å². The number of halogens is 1. The molecule has 0 bridgehead atoms. The quantitative estimate of drug-likeness (QED) is 0.305. The van der Waals surface area contributed by atoms with Crippen LogP contribution in [0, 0.1) is 5.92 Å². The van der Waals surface area contributed by atoms with Gasteiger partial charge in [0, 0.05) is 57.0 Å². The minimum Gasteiger partial charge on any atom is -0.357 e. The lowest BCUT2D eigenvalue weighted by Crippen LogP contribution is -2.51. The zero-order valence-electron chi connectivity index (χ0n) is 17.3. The number of carbonyl (C=O) groups is 1. The molecule has 2 saturated heterocycles. The van der Waals surface area contributed by atoms with Crippen molar-refractivity contribution >= 4 is 47.6 Å². The summed E-state index contributed by atoms with van der Waals surface area (Å²) in [4.78, 5) is 21.9. The lowest BCUT2D eigenvalue weighted by Gasteiger charge is -2.36. The standard InChI is InChI=1S/C20H37N5OS.HI/c1-2-21-20(23-16-18-8-5-15-27-18)22-9-10-24-11-13-25(14-12-24)19(26)17-6-3-4-7-17;/h17-18H,2-16H2,1H3,(H2,21,22,23);1H. The molecule has 0 aromatic heterocycles. The summed E-state index contributed by atoms with van der Waals surface area (Å²) in [6.45, 7) is 9.60. The normalized spacial score (nSPS) is 24.2. The second kappa shape index (κ2) is 13.2. The Morgan fingerprint density at radius 2 is 1.82 bits per heavy atom. The predicted octanol–water partition coefficient (Wildman–Crippen LogP) is 2.39. The largest absolute Gasteiger partial charge is 0.357 e. The lowest BCUT2D eigenvalue weighted by molar-refractivity contribution is -0.137. The third-order valence-electron chi connectivity index (χ3n) is 5.93. The smallest absolute Gasteiger partial charge is 0.225 e. The molecule has 6 nitrogen and oxygen atoms in total. The van der Waals surface area contributed by atoms with E-state index in [1.165, 1.54) is 31.4 Å². The highest BCUT2D eigenvalue weighted by Crippen LogP contribution is 2.27. The van der Waals surface area contributed by atoms with Gasteiger partial charge >= 0.3 is 0 Å². The van der Waals surface area contributed by atoms with Crippen molar-refractivity contribution < 1.29 is 4.79 Å². The van der Waals surface area contributed by atoms with Crippen molar-refractivity contribution in [2.45, 2.75) is 50.7 Å². The van der Waals surface area contributed by atoms with Gasteiger partial charge in [-0.2, -0.15) is 11.8 Å². The second-order valence-electron chi connectivity index (χ2n) is 7.93. The Balaban J connectivity index is 0.00000280. The molecule has 0 aromatic carbocycles. The maximum atomic E-state index is 12.5. The summed E-state index contributed by atoms with van der Waals surface area (Å²) >= 11 is 2.06. The molecule has 3 aliphatic rings. The van der Waals surface area contributed by atoms with Crippen LogP contribution in [0.3, 0.4) is 0 Å². The highest BCUT2D eigenvalue weighted by Gasteiger charge is 2.29. The van der Waals surface area contributed by atoms with Crippen molar-refractivity contribution in [1.29, 1.82) is 0 Å². The first kappa shape index (κ1) is 24.1. The van der Waals surface area contributed by atoms with Gasteiger partial charge in [-0.3, -0.25) is 14.7 Å². The minimum atomic E-state index is 0. The molecule has 1 aliphatic carbocycles. The highest BCUT2D eigenvalue weighted by molar-refractivity contribution is 14.0. The molecule has 1 amide bonds. The Hall–Kier alpha value is -0.220. The molecule has 2 heterocycles. The number of piperazine rings is 1. The Bertz CT molecular complexity index is 487. The molecule has 162 valence electrons. The molecule has 1 unspecified atom stereocenters. The Morgan fingerprint density at radius 3 is 2.46 bits per heavy atom. The van der Waals surface area contributed by atoms with Crippen molar-refractivity contribution in [2.24, 2.45) is 10.9 Å². The summed E-state index contributed by atoms with van der Waals surface area (Å²) in [5.74, 6) is 2.96. The SMILES string of the molecule is CCNC(=NCC1CCCS1)NCCN1CCN(C(=O)C2CCCC2)CC1.I. The number of hydrogen-bond acceptors (Lipinski definition) is 4. The van der Waals surface area contributed by atoms with Crippen LogP contribution >= 0.6 is 35.7 Å². The van der Waals surface area contributed by atoms with Crippen LogP contribution in [0.15, 0.2) is 4.99 Å².